The molecule has 1 fully saturated rings. The largest absolute Gasteiger partial charge is 0.355 e. The van der Waals surface area contributed by atoms with Crippen molar-refractivity contribution in [1.29, 1.82) is 0 Å². The van der Waals surface area contributed by atoms with Crippen LogP contribution in [0.15, 0.2) is 12.7 Å². The van der Waals surface area contributed by atoms with E-state index in [4.69, 9.17) is 5.73 Å². The molecule has 2 aromatic rings. The maximum Gasteiger partial charge on any atom is 0.224 e. The van der Waals surface area contributed by atoms with Crippen LogP contribution in [-0.2, 0) is 4.79 Å². The van der Waals surface area contributed by atoms with Crippen molar-refractivity contribution in [2.24, 2.45) is 11.7 Å². The smallest absolute Gasteiger partial charge is 0.224 e. The zero-order chi connectivity index (χ0) is 14.7. The summed E-state index contributed by atoms with van der Waals surface area (Å²) in [4.78, 5) is 29.9. The number of carbonyl (C=O) groups is 1. The minimum Gasteiger partial charge on any atom is -0.355 e. The first kappa shape index (κ1) is 13.7. The average Bonchev–Trinajstić information content (AvgIpc) is 3.01. The van der Waals surface area contributed by atoms with Gasteiger partial charge in [0.05, 0.1) is 12.2 Å². The van der Waals surface area contributed by atoms with Crippen molar-refractivity contribution >= 4 is 22.9 Å². The molecule has 1 atom stereocenters. The van der Waals surface area contributed by atoms with Gasteiger partial charge in [-0.3, -0.25) is 4.79 Å². The van der Waals surface area contributed by atoms with Crippen LogP contribution in [0.25, 0.3) is 11.2 Å². The SMILES string of the molecule is NCCNC(=O)C1CCCN(c2ncnc3nc[nH]c23)C1. The number of imidazole rings is 1. The fourth-order valence-electron chi connectivity index (χ4n) is 2.72. The van der Waals surface area contributed by atoms with Crippen LogP contribution in [-0.4, -0.2) is 52.0 Å². The van der Waals surface area contributed by atoms with Gasteiger partial charge in [0.15, 0.2) is 11.5 Å². The molecule has 0 saturated carbocycles. The van der Waals surface area contributed by atoms with E-state index in [0.29, 0.717) is 25.3 Å². The van der Waals surface area contributed by atoms with E-state index in [1.807, 2.05) is 0 Å². The van der Waals surface area contributed by atoms with Crippen LogP contribution >= 0.6 is 0 Å². The molecule has 112 valence electrons. The molecule has 21 heavy (non-hydrogen) atoms. The number of hydrogen-bond donors (Lipinski definition) is 3. The number of piperidine rings is 1. The Morgan fingerprint density at radius 3 is 3.24 bits per heavy atom. The highest BCUT2D eigenvalue weighted by atomic mass is 16.1. The molecule has 1 unspecified atom stereocenters. The van der Waals surface area contributed by atoms with E-state index in [1.54, 1.807) is 6.33 Å². The monoisotopic (exact) mass is 289 g/mol. The molecule has 1 saturated heterocycles. The molecule has 3 rings (SSSR count). The average molecular weight is 289 g/mol. The predicted molar refractivity (Wildman–Crippen MR) is 78.7 cm³/mol. The van der Waals surface area contributed by atoms with E-state index in [-0.39, 0.29) is 11.8 Å². The summed E-state index contributed by atoms with van der Waals surface area (Å²) in [5.74, 6) is 0.854. The zero-order valence-corrected chi connectivity index (χ0v) is 11.7. The molecule has 0 bridgehead atoms. The lowest BCUT2D eigenvalue weighted by atomic mass is 9.97. The first-order valence-corrected chi connectivity index (χ1v) is 7.16. The Balaban J connectivity index is 1.77. The Morgan fingerprint density at radius 2 is 2.38 bits per heavy atom. The molecule has 1 aliphatic heterocycles. The van der Waals surface area contributed by atoms with Gasteiger partial charge in [0, 0.05) is 26.2 Å². The summed E-state index contributed by atoms with van der Waals surface area (Å²) in [5, 5.41) is 2.86. The van der Waals surface area contributed by atoms with E-state index in [1.165, 1.54) is 6.33 Å². The lowest BCUT2D eigenvalue weighted by Gasteiger charge is -2.32. The molecule has 1 amide bonds. The highest BCUT2D eigenvalue weighted by Crippen LogP contribution is 2.25. The Morgan fingerprint density at radius 1 is 1.48 bits per heavy atom. The number of aromatic nitrogens is 4. The van der Waals surface area contributed by atoms with Crippen LogP contribution in [0, 0.1) is 5.92 Å². The molecule has 0 radical (unpaired) electrons. The molecule has 8 heteroatoms. The van der Waals surface area contributed by atoms with Gasteiger partial charge in [-0.2, -0.15) is 0 Å². The molecule has 2 aromatic heterocycles. The third-order valence-electron chi connectivity index (χ3n) is 3.74. The normalized spacial score (nSPS) is 18.9. The predicted octanol–water partition coefficient (Wildman–Crippen LogP) is -0.356. The number of amides is 1. The number of anilines is 1. The van der Waals surface area contributed by atoms with Gasteiger partial charge in [0.25, 0.3) is 0 Å². The maximum atomic E-state index is 12.1. The number of nitrogens with one attached hydrogen (secondary N) is 2. The van der Waals surface area contributed by atoms with Crippen LogP contribution in [0.4, 0.5) is 5.82 Å². The highest BCUT2D eigenvalue weighted by molar-refractivity contribution is 5.84. The fraction of sp³-hybridized carbons (Fsp3) is 0.538. The van der Waals surface area contributed by atoms with Gasteiger partial charge < -0.3 is 20.9 Å². The van der Waals surface area contributed by atoms with Crippen molar-refractivity contribution in [2.45, 2.75) is 12.8 Å². The van der Waals surface area contributed by atoms with Crippen molar-refractivity contribution in [3.8, 4) is 0 Å². The van der Waals surface area contributed by atoms with Gasteiger partial charge in [0.2, 0.25) is 5.91 Å². The summed E-state index contributed by atoms with van der Waals surface area (Å²) >= 11 is 0. The highest BCUT2D eigenvalue weighted by Gasteiger charge is 2.27. The Labute approximate surface area is 122 Å². The second-order valence-electron chi connectivity index (χ2n) is 5.16. The molecule has 0 aromatic carbocycles. The molecule has 1 aliphatic rings. The minimum absolute atomic E-state index is 0.0294. The van der Waals surface area contributed by atoms with Gasteiger partial charge in [-0.1, -0.05) is 0 Å². The molecule has 0 spiro atoms. The van der Waals surface area contributed by atoms with Gasteiger partial charge in [0.1, 0.15) is 11.8 Å². The van der Waals surface area contributed by atoms with Crippen molar-refractivity contribution < 1.29 is 4.79 Å². The van der Waals surface area contributed by atoms with Crippen molar-refractivity contribution in [2.75, 3.05) is 31.1 Å². The summed E-state index contributed by atoms with van der Waals surface area (Å²) < 4.78 is 0. The fourth-order valence-corrected chi connectivity index (χ4v) is 2.72. The number of nitrogens with zero attached hydrogens (tertiary/aromatic N) is 4. The summed E-state index contributed by atoms with van der Waals surface area (Å²) in [6.07, 6.45) is 4.97. The van der Waals surface area contributed by atoms with E-state index in [0.717, 1.165) is 30.7 Å². The number of rotatable bonds is 4. The van der Waals surface area contributed by atoms with E-state index in [2.05, 4.69) is 30.2 Å². The summed E-state index contributed by atoms with van der Waals surface area (Å²) in [5.41, 5.74) is 6.89. The van der Waals surface area contributed by atoms with Gasteiger partial charge in [-0.15, -0.1) is 0 Å². The topological polar surface area (TPSA) is 113 Å². The summed E-state index contributed by atoms with van der Waals surface area (Å²) in [6, 6.07) is 0. The molecular weight excluding hydrogens is 270 g/mol. The standard InChI is InChI=1S/C13H19N7O/c14-3-4-15-13(21)9-2-1-5-20(6-9)12-10-11(17-7-16-10)18-8-19-12/h7-9H,1-6,14H2,(H,15,21)(H,16,17,18,19). The van der Waals surface area contributed by atoms with Gasteiger partial charge in [-0.25, -0.2) is 15.0 Å². The Bertz CT molecular complexity index is 626. The van der Waals surface area contributed by atoms with Gasteiger partial charge >= 0.3 is 0 Å². The van der Waals surface area contributed by atoms with Gasteiger partial charge in [-0.05, 0) is 12.8 Å². The lowest BCUT2D eigenvalue weighted by molar-refractivity contribution is -0.125. The zero-order valence-electron chi connectivity index (χ0n) is 11.7. The van der Waals surface area contributed by atoms with Crippen LogP contribution in [0.5, 0.6) is 0 Å². The number of aromatic amines is 1. The molecule has 0 aliphatic carbocycles. The van der Waals surface area contributed by atoms with Crippen LogP contribution in [0.3, 0.4) is 0 Å². The maximum absolute atomic E-state index is 12.1. The molecule has 3 heterocycles. The number of hydrogen-bond acceptors (Lipinski definition) is 6. The Kier molecular flexibility index (Phi) is 3.96. The van der Waals surface area contributed by atoms with E-state index >= 15 is 0 Å². The number of nitrogens with two attached hydrogens (primary N) is 1. The second kappa shape index (κ2) is 6.04. The minimum atomic E-state index is -0.0294. The second-order valence-corrected chi connectivity index (χ2v) is 5.16. The lowest BCUT2D eigenvalue weighted by Crippen LogP contribution is -2.44. The molecule has 8 nitrogen and oxygen atoms in total. The van der Waals surface area contributed by atoms with Crippen molar-refractivity contribution in [3.05, 3.63) is 12.7 Å². The summed E-state index contributed by atoms with van der Waals surface area (Å²) in [6.45, 7) is 2.52. The summed E-state index contributed by atoms with van der Waals surface area (Å²) in [7, 11) is 0. The number of H-pyrrole nitrogens is 1. The number of carbonyl (C=O) groups excluding carboxylic acids is 1. The van der Waals surface area contributed by atoms with E-state index < -0.39 is 0 Å². The van der Waals surface area contributed by atoms with Crippen molar-refractivity contribution in [1.82, 2.24) is 25.3 Å². The van der Waals surface area contributed by atoms with Crippen LogP contribution < -0.4 is 16.0 Å². The third kappa shape index (κ3) is 2.80. The molecular formula is C13H19N7O. The van der Waals surface area contributed by atoms with Crippen LogP contribution in [0.2, 0.25) is 0 Å². The number of fused-ring (bicyclic) bond motifs is 1. The van der Waals surface area contributed by atoms with Crippen LogP contribution in [0.1, 0.15) is 12.8 Å². The van der Waals surface area contributed by atoms with Crippen molar-refractivity contribution in [3.63, 3.8) is 0 Å². The Hall–Kier alpha value is -2.22. The first-order chi connectivity index (χ1) is 10.3. The van der Waals surface area contributed by atoms with E-state index in [9.17, 15) is 4.79 Å². The first-order valence-electron chi connectivity index (χ1n) is 7.16. The molecule has 4 N–H and O–H groups in total. The third-order valence-corrected chi connectivity index (χ3v) is 3.74. The quantitative estimate of drug-likeness (QED) is 0.708.